The van der Waals surface area contributed by atoms with Gasteiger partial charge < -0.3 is 25.4 Å². The molecule has 2 atom stereocenters. The Hall–Kier alpha value is -2.77. The lowest BCUT2D eigenvalue weighted by Crippen LogP contribution is -2.50. The SMILES string of the molecule is CC(Cc1ccccc1)NC(=O)C(CCCNC(=O)OC(C)(C)C)NC(=O)OC(C)(C)C. The van der Waals surface area contributed by atoms with Crippen LogP contribution in [0.3, 0.4) is 0 Å². The van der Waals surface area contributed by atoms with Crippen LogP contribution in [-0.4, -0.2) is 47.9 Å². The van der Waals surface area contributed by atoms with Crippen molar-refractivity contribution in [2.24, 2.45) is 0 Å². The lowest BCUT2D eigenvalue weighted by Gasteiger charge is -2.25. The van der Waals surface area contributed by atoms with Crippen LogP contribution < -0.4 is 16.0 Å². The second-order valence-electron chi connectivity index (χ2n) is 9.87. The van der Waals surface area contributed by atoms with Crippen molar-refractivity contribution in [2.45, 2.75) is 91.0 Å². The van der Waals surface area contributed by atoms with Crippen molar-refractivity contribution >= 4 is 18.1 Å². The zero-order valence-corrected chi connectivity index (χ0v) is 20.4. The molecule has 0 heterocycles. The van der Waals surface area contributed by atoms with E-state index in [1.165, 1.54) is 0 Å². The maximum atomic E-state index is 12.9. The third kappa shape index (κ3) is 12.8. The van der Waals surface area contributed by atoms with E-state index in [1.807, 2.05) is 37.3 Å². The monoisotopic (exact) mass is 449 g/mol. The number of ether oxygens (including phenoxy) is 2. The summed E-state index contributed by atoms with van der Waals surface area (Å²) in [6.07, 6.45) is 0.300. The van der Waals surface area contributed by atoms with Gasteiger partial charge in [0, 0.05) is 12.6 Å². The molecule has 32 heavy (non-hydrogen) atoms. The average Bonchev–Trinajstić information content (AvgIpc) is 2.61. The molecule has 0 saturated heterocycles. The number of carbonyl (C=O) groups excluding carboxylic acids is 3. The minimum Gasteiger partial charge on any atom is -0.444 e. The molecule has 0 aliphatic carbocycles. The molecule has 0 saturated carbocycles. The van der Waals surface area contributed by atoms with Gasteiger partial charge in [0.05, 0.1) is 0 Å². The summed E-state index contributed by atoms with van der Waals surface area (Å²) in [6.45, 7) is 12.9. The lowest BCUT2D eigenvalue weighted by atomic mass is 10.1. The molecule has 0 spiro atoms. The van der Waals surface area contributed by atoms with Crippen LogP contribution in [0.1, 0.15) is 66.9 Å². The van der Waals surface area contributed by atoms with Crippen LogP contribution in [0.25, 0.3) is 0 Å². The van der Waals surface area contributed by atoms with Crippen molar-refractivity contribution in [1.29, 1.82) is 0 Å². The van der Waals surface area contributed by atoms with Crippen LogP contribution >= 0.6 is 0 Å². The van der Waals surface area contributed by atoms with E-state index in [2.05, 4.69) is 16.0 Å². The number of nitrogens with one attached hydrogen (secondary N) is 3. The van der Waals surface area contributed by atoms with E-state index in [4.69, 9.17) is 9.47 Å². The van der Waals surface area contributed by atoms with Crippen molar-refractivity contribution < 1.29 is 23.9 Å². The minimum absolute atomic E-state index is 0.118. The van der Waals surface area contributed by atoms with Crippen molar-refractivity contribution in [3.8, 4) is 0 Å². The maximum absolute atomic E-state index is 12.9. The number of carbonyl (C=O) groups is 3. The summed E-state index contributed by atoms with van der Waals surface area (Å²) in [5.41, 5.74) is -0.151. The van der Waals surface area contributed by atoms with Gasteiger partial charge in [-0.2, -0.15) is 0 Å². The summed E-state index contributed by atoms with van der Waals surface area (Å²) < 4.78 is 10.5. The molecular weight excluding hydrogens is 410 g/mol. The summed E-state index contributed by atoms with van der Waals surface area (Å²) in [5.74, 6) is -0.295. The van der Waals surface area contributed by atoms with Crippen LogP contribution in [0.4, 0.5) is 9.59 Å². The Bertz CT molecular complexity index is 738. The predicted octanol–water partition coefficient (Wildman–Crippen LogP) is 3.93. The summed E-state index contributed by atoms with van der Waals surface area (Å²) >= 11 is 0. The smallest absolute Gasteiger partial charge is 0.408 e. The Morgan fingerprint density at radius 3 is 2.00 bits per heavy atom. The number of benzene rings is 1. The van der Waals surface area contributed by atoms with Gasteiger partial charge in [-0.15, -0.1) is 0 Å². The first kappa shape index (κ1) is 27.3. The number of alkyl carbamates (subject to hydrolysis) is 2. The average molecular weight is 450 g/mol. The highest BCUT2D eigenvalue weighted by Crippen LogP contribution is 2.09. The molecule has 0 aliphatic rings. The van der Waals surface area contributed by atoms with Gasteiger partial charge in [0.25, 0.3) is 0 Å². The Balaban J connectivity index is 2.65. The molecular formula is C24H39N3O5. The second kappa shape index (κ2) is 12.3. The van der Waals surface area contributed by atoms with Gasteiger partial charge in [-0.25, -0.2) is 9.59 Å². The molecule has 0 radical (unpaired) electrons. The van der Waals surface area contributed by atoms with E-state index in [0.29, 0.717) is 25.8 Å². The number of hydrogen-bond donors (Lipinski definition) is 3. The quantitative estimate of drug-likeness (QED) is 0.495. The number of amides is 3. The second-order valence-corrected chi connectivity index (χ2v) is 9.87. The molecule has 180 valence electrons. The van der Waals surface area contributed by atoms with Crippen molar-refractivity contribution in [3.05, 3.63) is 35.9 Å². The fraction of sp³-hybridized carbons (Fsp3) is 0.625. The highest BCUT2D eigenvalue weighted by atomic mass is 16.6. The van der Waals surface area contributed by atoms with Crippen LogP contribution in [0.5, 0.6) is 0 Å². The molecule has 2 unspecified atom stereocenters. The van der Waals surface area contributed by atoms with E-state index in [-0.39, 0.29) is 11.9 Å². The molecule has 8 heteroatoms. The Labute approximate surface area is 191 Å². The molecule has 0 bridgehead atoms. The maximum Gasteiger partial charge on any atom is 0.408 e. The first-order valence-electron chi connectivity index (χ1n) is 11.1. The zero-order chi connectivity index (χ0) is 24.4. The largest absolute Gasteiger partial charge is 0.444 e. The van der Waals surface area contributed by atoms with E-state index in [9.17, 15) is 14.4 Å². The van der Waals surface area contributed by atoms with Crippen LogP contribution in [0, 0.1) is 0 Å². The zero-order valence-electron chi connectivity index (χ0n) is 20.4. The third-order valence-electron chi connectivity index (χ3n) is 4.12. The van der Waals surface area contributed by atoms with Gasteiger partial charge in [0.2, 0.25) is 5.91 Å². The van der Waals surface area contributed by atoms with Crippen LogP contribution in [0.15, 0.2) is 30.3 Å². The van der Waals surface area contributed by atoms with E-state index in [1.54, 1.807) is 41.5 Å². The van der Waals surface area contributed by atoms with Gasteiger partial charge in [0.1, 0.15) is 17.2 Å². The highest BCUT2D eigenvalue weighted by Gasteiger charge is 2.25. The van der Waals surface area contributed by atoms with Gasteiger partial charge in [-0.1, -0.05) is 30.3 Å². The topological polar surface area (TPSA) is 106 Å². The third-order valence-corrected chi connectivity index (χ3v) is 4.12. The predicted molar refractivity (Wildman–Crippen MR) is 124 cm³/mol. The molecule has 8 nitrogen and oxygen atoms in total. The molecule has 0 aromatic heterocycles. The Morgan fingerprint density at radius 2 is 1.44 bits per heavy atom. The summed E-state index contributed by atoms with van der Waals surface area (Å²) in [4.78, 5) is 36.9. The van der Waals surface area contributed by atoms with Crippen LogP contribution in [-0.2, 0) is 20.7 Å². The fourth-order valence-corrected chi connectivity index (χ4v) is 2.89. The molecule has 1 aromatic carbocycles. The van der Waals surface area contributed by atoms with E-state index in [0.717, 1.165) is 5.56 Å². The molecule has 0 aliphatic heterocycles. The van der Waals surface area contributed by atoms with Gasteiger partial charge in [-0.05, 0) is 73.3 Å². The standard InChI is InChI=1S/C24H39N3O5/c1-17(16-18-12-9-8-10-13-18)26-20(28)19(27-22(30)32-24(5,6)7)14-11-15-25-21(29)31-23(2,3)4/h8-10,12-13,17,19H,11,14-16H2,1-7H3,(H,25,29)(H,26,28)(H,27,30). The first-order valence-corrected chi connectivity index (χ1v) is 11.1. The summed E-state index contributed by atoms with van der Waals surface area (Å²) in [6, 6.07) is 8.95. The van der Waals surface area contributed by atoms with Crippen molar-refractivity contribution in [3.63, 3.8) is 0 Å². The van der Waals surface area contributed by atoms with Crippen molar-refractivity contribution in [2.75, 3.05) is 6.54 Å². The minimum atomic E-state index is -0.788. The molecule has 3 N–H and O–H groups in total. The molecule has 3 amide bonds. The highest BCUT2D eigenvalue weighted by molar-refractivity contribution is 5.85. The molecule has 0 fully saturated rings. The summed E-state index contributed by atoms with van der Waals surface area (Å²) in [5, 5.41) is 8.27. The number of hydrogen-bond acceptors (Lipinski definition) is 5. The number of rotatable bonds is 9. The first-order chi connectivity index (χ1) is 14.7. The molecule has 1 rings (SSSR count). The Kier molecular flexibility index (Phi) is 10.5. The van der Waals surface area contributed by atoms with Gasteiger partial charge in [-0.3, -0.25) is 4.79 Å². The summed E-state index contributed by atoms with van der Waals surface area (Å²) in [7, 11) is 0. The Morgan fingerprint density at radius 1 is 0.875 bits per heavy atom. The van der Waals surface area contributed by atoms with Gasteiger partial charge >= 0.3 is 12.2 Å². The van der Waals surface area contributed by atoms with E-state index < -0.39 is 29.4 Å². The normalized spacial score (nSPS) is 13.5. The van der Waals surface area contributed by atoms with E-state index >= 15 is 0 Å². The van der Waals surface area contributed by atoms with Crippen molar-refractivity contribution in [1.82, 2.24) is 16.0 Å². The van der Waals surface area contributed by atoms with Crippen LogP contribution in [0.2, 0.25) is 0 Å². The lowest BCUT2D eigenvalue weighted by molar-refractivity contribution is -0.124. The van der Waals surface area contributed by atoms with Gasteiger partial charge in [0.15, 0.2) is 0 Å². The fourth-order valence-electron chi connectivity index (χ4n) is 2.89. The molecule has 1 aromatic rings.